The van der Waals surface area contributed by atoms with Crippen molar-refractivity contribution in [3.8, 4) is 11.5 Å². The van der Waals surface area contributed by atoms with Crippen molar-refractivity contribution < 1.29 is 13.4 Å². The molecule has 0 spiro atoms. The molecule has 1 aromatic heterocycles. The molecule has 0 unspecified atom stereocenters. The molecule has 0 saturated heterocycles. The fourth-order valence-corrected chi connectivity index (χ4v) is 3.88. The quantitative estimate of drug-likeness (QED) is 0.608. The normalized spacial score (nSPS) is 13.1. The van der Waals surface area contributed by atoms with Gasteiger partial charge in [-0.2, -0.15) is 0 Å². The number of carbonyl (C=O) groups is 1. The molecule has 6 heteroatoms. The molecule has 0 bridgehead atoms. The zero-order chi connectivity index (χ0) is 21.0. The van der Waals surface area contributed by atoms with Gasteiger partial charge in [0.2, 0.25) is 5.89 Å². The van der Waals surface area contributed by atoms with Crippen LogP contribution in [0.2, 0.25) is 0 Å². The molecule has 3 aromatic rings. The van der Waals surface area contributed by atoms with Crippen LogP contribution in [-0.2, 0) is 16.6 Å². The molecule has 2 atom stereocenters. The van der Waals surface area contributed by atoms with E-state index in [9.17, 15) is 9.00 Å². The first kappa shape index (κ1) is 21.0. The molecule has 0 radical (unpaired) electrons. The molecular weight excluding hydrogens is 384 g/mol. The van der Waals surface area contributed by atoms with Crippen LogP contribution < -0.4 is 5.32 Å². The highest BCUT2D eigenvalue weighted by atomic mass is 32.2. The Morgan fingerprint density at radius 1 is 1.10 bits per heavy atom. The molecule has 0 aliphatic heterocycles. The van der Waals surface area contributed by atoms with Crippen molar-refractivity contribution in [2.24, 2.45) is 0 Å². The first-order chi connectivity index (χ1) is 13.9. The Morgan fingerprint density at radius 3 is 2.38 bits per heavy atom. The first-order valence-corrected chi connectivity index (χ1v) is 11.0. The van der Waals surface area contributed by atoms with E-state index >= 15 is 0 Å². The topological polar surface area (TPSA) is 72.2 Å². The smallest absolute Gasteiger partial charge is 0.251 e. The van der Waals surface area contributed by atoms with E-state index in [1.165, 1.54) is 0 Å². The van der Waals surface area contributed by atoms with Crippen LogP contribution in [0.4, 0.5) is 0 Å². The molecule has 0 fully saturated rings. The number of nitrogens with one attached hydrogen (secondary N) is 1. The van der Waals surface area contributed by atoms with Crippen LogP contribution in [0.15, 0.2) is 57.8 Å². The number of hydrogen-bond donors (Lipinski definition) is 1. The average molecular weight is 411 g/mol. The minimum Gasteiger partial charge on any atom is -0.441 e. The van der Waals surface area contributed by atoms with E-state index in [4.69, 9.17) is 4.42 Å². The number of aromatic nitrogens is 1. The summed E-state index contributed by atoms with van der Waals surface area (Å²) in [5.74, 6) is 1.32. The van der Waals surface area contributed by atoms with E-state index in [1.807, 2.05) is 64.1 Å². The van der Waals surface area contributed by atoms with Crippen LogP contribution in [0.1, 0.15) is 47.6 Å². The van der Waals surface area contributed by atoms with Gasteiger partial charge in [0.05, 0.1) is 22.2 Å². The van der Waals surface area contributed by atoms with Crippen molar-refractivity contribution in [3.63, 3.8) is 0 Å². The largest absolute Gasteiger partial charge is 0.441 e. The average Bonchev–Trinajstić information content (AvgIpc) is 3.08. The Morgan fingerprint density at radius 2 is 1.76 bits per heavy atom. The molecule has 29 heavy (non-hydrogen) atoms. The number of rotatable bonds is 7. The highest BCUT2D eigenvalue weighted by Crippen LogP contribution is 2.24. The summed E-state index contributed by atoms with van der Waals surface area (Å²) in [6.07, 6.45) is 0.881. The second kappa shape index (κ2) is 9.18. The van der Waals surface area contributed by atoms with Gasteiger partial charge in [-0.3, -0.25) is 9.00 Å². The molecule has 2 aromatic carbocycles. The lowest BCUT2D eigenvalue weighted by atomic mass is 10.1. The summed E-state index contributed by atoms with van der Waals surface area (Å²) in [6.45, 7) is 7.83. The van der Waals surface area contributed by atoms with Crippen LogP contribution in [0.25, 0.3) is 11.5 Å². The fourth-order valence-electron chi connectivity index (χ4n) is 2.76. The number of hydrogen-bond acceptors (Lipinski definition) is 4. The first-order valence-electron chi connectivity index (χ1n) is 9.70. The van der Waals surface area contributed by atoms with Crippen molar-refractivity contribution in [2.75, 3.05) is 0 Å². The van der Waals surface area contributed by atoms with E-state index in [2.05, 4.69) is 10.3 Å². The van der Waals surface area contributed by atoms with Gasteiger partial charge in [0.1, 0.15) is 5.76 Å². The van der Waals surface area contributed by atoms with E-state index in [1.54, 1.807) is 12.1 Å². The lowest BCUT2D eigenvalue weighted by Crippen LogP contribution is -2.31. The molecule has 1 heterocycles. The van der Waals surface area contributed by atoms with Crippen LogP contribution in [0.3, 0.4) is 0 Å². The van der Waals surface area contributed by atoms with Gasteiger partial charge in [-0.25, -0.2) is 4.98 Å². The Bertz CT molecular complexity index is 1010. The van der Waals surface area contributed by atoms with Crippen molar-refractivity contribution >= 4 is 16.7 Å². The predicted octanol–water partition coefficient (Wildman–Crippen LogP) is 4.79. The fraction of sp³-hybridized carbons (Fsp3) is 0.304. The molecule has 3 rings (SSSR count). The van der Waals surface area contributed by atoms with Crippen LogP contribution in [-0.4, -0.2) is 21.1 Å². The summed E-state index contributed by atoms with van der Waals surface area (Å²) >= 11 is 0. The Kier molecular flexibility index (Phi) is 6.64. The van der Waals surface area contributed by atoms with Gasteiger partial charge in [0.15, 0.2) is 0 Å². The standard InChI is InChI=1S/C23H26N2O3S/c1-5-16(3)24-22(26)18-8-10-19(11-9-18)23-25-21(17(4)28-23)14-29(27)20-12-6-15(2)7-13-20/h6-13,16H,5,14H2,1-4H3,(H,24,26)/t16-,29+/m0/s1. The van der Waals surface area contributed by atoms with Gasteiger partial charge in [-0.05, 0) is 63.6 Å². The van der Waals surface area contributed by atoms with Crippen molar-refractivity contribution in [1.29, 1.82) is 0 Å². The van der Waals surface area contributed by atoms with Gasteiger partial charge >= 0.3 is 0 Å². The van der Waals surface area contributed by atoms with Gasteiger partial charge in [-0.15, -0.1) is 0 Å². The molecule has 5 nitrogen and oxygen atoms in total. The third-order valence-electron chi connectivity index (χ3n) is 4.83. The molecule has 1 N–H and O–H groups in total. The molecular formula is C23H26N2O3S. The maximum absolute atomic E-state index is 12.6. The predicted molar refractivity (Wildman–Crippen MR) is 115 cm³/mol. The second-order valence-corrected chi connectivity index (χ2v) is 8.64. The molecule has 0 saturated carbocycles. The zero-order valence-electron chi connectivity index (χ0n) is 17.2. The highest BCUT2D eigenvalue weighted by Gasteiger charge is 2.16. The number of oxazole rings is 1. The maximum Gasteiger partial charge on any atom is 0.251 e. The molecule has 1 amide bonds. The monoisotopic (exact) mass is 410 g/mol. The summed E-state index contributed by atoms with van der Waals surface area (Å²) < 4.78 is 18.4. The summed E-state index contributed by atoms with van der Waals surface area (Å²) in [5.41, 5.74) is 3.18. The van der Waals surface area contributed by atoms with Crippen molar-refractivity contribution in [1.82, 2.24) is 10.3 Å². The lowest BCUT2D eigenvalue weighted by molar-refractivity contribution is 0.0939. The zero-order valence-corrected chi connectivity index (χ0v) is 18.0. The van der Waals surface area contributed by atoms with Gasteiger partial charge in [0, 0.05) is 22.1 Å². The van der Waals surface area contributed by atoms with Crippen molar-refractivity contribution in [2.45, 2.75) is 50.8 Å². The third kappa shape index (κ3) is 5.21. The number of amides is 1. The molecule has 0 aliphatic rings. The van der Waals surface area contributed by atoms with E-state index in [-0.39, 0.29) is 11.9 Å². The second-order valence-electron chi connectivity index (χ2n) is 7.18. The number of benzene rings is 2. The lowest BCUT2D eigenvalue weighted by Gasteiger charge is -2.11. The van der Waals surface area contributed by atoms with Gasteiger partial charge in [-0.1, -0.05) is 24.6 Å². The summed E-state index contributed by atoms with van der Waals surface area (Å²) in [7, 11) is -1.19. The number of aryl methyl sites for hydroxylation is 2. The summed E-state index contributed by atoms with van der Waals surface area (Å²) in [6, 6.07) is 15.0. The minimum absolute atomic E-state index is 0.0938. The Hall–Kier alpha value is -2.73. The SMILES string of the molecule is CC[C@H](C)NC(=O)c1ccc(-c2nc(C[S@@](=O)c3ccc(C)cc3)c(C)o2)cc1. The van der Waals surface area contributed by atoms with Crippen LogP contribution >= 0.6 is 0 Å². The Balaban J connectivity index is 1.73. The van der Waals surface area contributed by atoms with Crippen LogP contribution in [0, 0.1) is 13.8 Å². The third-order valence-corrected chi connectivity index (χ3v) is 6.16. The summed E-state index contributed by atoms with van der Waals surface area (Å²) in [5, 5.41) is 2.95. The van der Waals surface area contributed by atoms with E-state index in [0.717, 1.165) is 22.4 Å². The van der Waals surface area contributed by atoms with Crippen LogP contribution in [0.5, 0.6) is 0 Å². The number of carbonyl (C=O) groups excluding carboxylic acids is 1. The maximum atomic E-state index is 12.6. The molecule has 152 valence electrons. The number of nitrogens with zero attached hydrogens (tertiary/aromatic N) is 1. The van der Waals surface area contributed by atoms with Gasteiger partial charge < -0.3 is 9.73 Å². The summed E-state index contributed by atoms with van der Waals surface area (Å²) in [4.78, 5) is 17.5. The van der Waals surface area contributed by atoms with Gasteiger partial charge in [0.25, 0.3) is 5.91 Å². The Labute approximate surface area is 174 Å². The van der Waals surface area contributed by atoms with Crippen molar-refractivity contribution in [3.05, 3.63) is 71.1 Å². The van der Waals surface area contributed by atoms with E-state index in [0.29, 0.717) is 28.7 Å². The highest BCUT2D eigenvalue weighted by molar-refractivity contribution is 7.84. The molecule has 0 aliphatic carbocycles. The van der Waals surface area contributed by atoms with E-state index < -0.39 is 10.8 Å². The minimum atomic E-state index is -1.19.